The van der Waals surface area contributed by atoms with Crippen LogP contribution in [0, 0.1) is 20.2 Å². The summed E-state index contributed by atoms with van der Waals surface area (Å²) in [6.45, 7) is 1.78. The summed E-state index contributed by atoms with van der Waals surface area (Å²) in [7, 11) is 0. The van der Waals surface area contributed by atoms with Crippen LogP contribution in [0.4, 0.5) is 17.1 Å². The molecule has 0 bridgehead atoms. The second-order valence-electron chi connectivity index (χ2n) is 5.07. The van der Waals surface area contributed by atoms with Crippen molar-refractivity contribution in [3.8, 4) is 5.75 Å². The molecule has 0 aromatic heterocycles. The lowest BCUT2D eigenvalue weighted by atomic mass is 10.1. The third-order valence-corrected chi connectivity index (χ3v) is 3.13. The van der Waals surface area contributed by atoms with Crippen LogP contribution in [0.15, 0.2) is 53.1 Å². The van der Waals surface area contributed by atoms with E-state index >= 15 is 0 Å². The fourth-order valence-corrected chi connectivity index (χ4v) is 1.95. The summed E-state index contributed by atoms with van der Waals surface area (Å²) in [4.78, 5) is 20.3. The van der Waals surface area contributed by atoms with E-state index in [1.807, 2.05) is 0 Å². The molecule has 0 aliphatic heterocycles. The Balaban J connectivity index is 2.14. The number of anilines is 1. The molecule has 9 heteroatoms. The van der Waals surface area contributed by atoms with Gasteiger partial charge in [0, 0.05) is 6.07 Å². The lowest BCUT2D eigenvalue weighted by Crippen LogP contribution is -1.98. The van der Waals surface area contributed by atoms with Crippen molar-refractivity contribution in [1.82, 2.24) is 0 Å². The third-order valence-electron chi connectivity index (χ3n) is 3.13. The van der Waals surface area contributed by atoms with Crippen molar-refractivity contribution < 1.29 is 15.0 Å². The molecule has 2 aromatic rings. The number of benzene rings is 2. The molecule has 0 saturated carbocycles. The number of non-ortho nitro benzene ring substituents is 1. The normalized spacial score (nSPS) is 11.5. The molecule has 0 spiro atoms. The van der Waals surface area contributed by atoms with Crippen LogP contribution in [0.3, 0.4) is 0 Å². The minimum absolute atomic E-state index is 0.0456. The van der Waals surface area contributed by atoms with E-state index in [2.05, 4.69) is 10.5 Å². The van der Waals surface area contributed by atoms with E-state index in [-0.39, 0.29) is 17.1 Å². The number of nitrogens with one attached hydrogen (secondary N) is 1. The average Bonchev–Trinajstić information content (AvgIpc) is 2.56. The SMILES string of the molecule is CC(/C=N\Nc1ccc([N+](=O)[O-])cc1[N+](=O)[O-])=C\c1ccc(O)cc1. The molecule has 0 unspecified atom stereocenters. The van der Waals surface area contributed by atoms with Gasteiger partial charge in [0.25, 0.3) is 5.69 Å². The Morgan fingerprint density at radius 3 is 2.40 bits per heavy atom. The van der Waals surface area contributed by atoms with Crippen molar-refractivity contribution in [2.45, 2.75) is 6.92 Å². The van der Waals surface area contributed by atoms with E-state index in [4.69, 9.17) is 0 Å². The van der Waals surface area contributed by atoms with E-state index < -0.39 is 15.5 Å². The van der Waals surface area contributed by atoms with Crippen LogP contribution >= 0.6 is 0 Å². The number of phenols is 1. The van der Waals surface area contributed by atoms with Gasteiger partial charge < -0.3 is 5.11 Å². The number of nitro groups is 2. The first-order valence-electron chi connectivity index (χ1n) is 7.06. The topological polar surface area (TPSA) is 131 Å². The molecule has 0 aliphatic carbocycles. The number of phenolic OH excluding ortho intramolecular Hbond substituents is 1. The molecule has 25 heavy (non-hydrogen) atoms. The first-order chi connectivity index (χ1) is 11.9. The van der Waals surface area contributed by atoms with Gasteiger partial charge >= 0.3 is 5.69 Å². The van der Waals surface area contributed by atoms with Crippen molar-refractivity contribution in [3.05, 3.63) is 73.8 Å². The predicted molar refractivity (Wildman–Crippen MR) is 93.6 cm³/mol. The molecule has 0 radical (unpaired) electrons. The van der Waals surface area contributed by atoms with E-state index in [0.717, 1.165) is 23.3 Å². The average molecular weight is 342 g/mol. The van der Waals surface area contributed by atoms with Crippen LogP contribution in [0.5, 0.6) is 5.75 Å². The Morgan fingerprint density at radius 2 is 1.80 bits per heavy atom. The molecule has 2 N–H and O–H groups in total. The van der Waals surface area contributed by atoms with Crippen LogP contribution in [-0.2, 0) is 0 Å². The second-order valence-corrected chi connectivity index (χ2v) is 5.07. The third kappa shape index (κ3) is 4.86. The van der Waals surface area contributed by atoms with Gasteiger partial charge in [0.2, 0.25) is 0 Å². The van der Waals surface area contributed by atoms with Crippen LogP contribution < -0.4 is 5.43 Å². The van der Waals surface area contributed by atoms with E-state index in [0.29, 0.717) is 0 Å². The minimum atomic E-state index is -0.718. The summed E-state index contributed by atoms with van der Waals surface area (Å²) >= 11 is 0. The lowest BCUT2D eigenvalue weighted by Gasteiger charge is -2.02. The zero-order chi connectivity index (χ0) is 18.4. The number of hydrazone groups is 1. The maximum absolute atomic E-state index is 11.0. The fraction of sp³-hybridized carbons (Fsp3) is 0.0625. The Hall–Kier alpha value is -3.75. The monoisotopic (exact) mass is 342 g/mol. The summed E-state index contributed by atoms with van der Waals surface area (Å²) < 4.78 is 0. The number of hydrogen-bond donors (Lipinski definition) is 2. The van der Waals surface area contributed by atoms with Crippen LogP contribution in [0.2, 0.25) is 0 Å². The van der Waals surface area contributed by atoms with Crippen molar-refractivity contribution in [2.75, 3.05) is 5.43 Å². The molecule has 0 atom stereocenters. The largest absolute Gasteiger partial charge is 0.508 e. The fourth-order valence-electron chi connectivity index (χ4n) is 1.95. The highest BCUT2D eigenvalue weighted by atomic mass is 16.6. The number of aromatic hydroxyl groups is 1. The molecular weight excluding hydrogens is 328 g/mol. The van der Waals surface area contributed by atoms with Crippen LogP contribution in [0.25, 0.3) is 6.08 Å². The zero-order valence-electron chi connectivity index (χ0n) is 13.1. The van der Waals surface area contributed by atoms with Crippen molar-refractivity contribution in [1.29, 1.82) is 0 Å². The van der Waals surface area contributed by atoms with Gasteiger partial charge in [0.1, 0.15) is 11.4 Å². The quantitative estimate of drug-likeness (QED) is 0.467. The molecule has 2 aromatic carbocycles. The Kier molecular flexibility index (Phi) is 5.41. The summed E-state index contributed by atoms with van der Waals surface area (Å²) in [5, 5.41) is 34.9. The molecule has 0 fully saturated rings. The lowest BCUT2D eigenvalue weighted by molar-refractivity contribution is -0.393. The Bertz CT molecular complexity index is 859. The number of hydrogen-bond acceptors (Lipinski definition) is 7. The van der Waals surface area contributed by atoms with Crippen LogP contribution in [-0.4, -0.2) is 21.2 Å². The van der Waals surface area contributed by atoms with Crippen molar-refractivity contribution in [3.63, 3.8) is 0 Å². The van der Waals surface area contributed by atoms with Gasteiger partial charge in [-0.25, -0.2) is 0 Å². The van der Waals surface area contributed by atoms with Gasteiger partial charge in [0.05, 0.1) is 22.1 Å². The number of nitro benzene ring substituents is 2. The van der Waals surface area contributed by atoms with Gasteiger partial charge in [-0.15, -0.1) is 0 Å². The molecule has 2 rings (SSSR count). The molecule has 0 aliphatic rings. The van der Waals surface area contributed by atoms with Crippen molar-refractivity contribution in [2.24, 2.45) is 5.10 Å². The molecule has 128 valence electrons. The summed E-state index contributed by atoms with van der Waals surface area (Å²) in [5.41, 5.74) is 3.35. The van der Waals surface area contributed by atoms with Gasteiger partial charge in [-0.2, -0.15) is 5.10 Å². The second kappa shape index (κ2) is 7.68. The van der Waals surface area contributed by atoms with Crippen LogP contribution in [0.1, 0.15) is 12.5 Å². The Morgan fingerprint density at radius 1 is 1.12 bits per heavy atom. The highest BCUT2D eigenvalue weighted by molar-refractivity contribution is 5.85. The predicted octanol–water partition coefficient (Wildman–Crippen LogP) is 3.71. The summed E-state index contributed by atoms with van der Waals surface area (Å²) in [5.74, 6) is 0.163. The molecule has 0 amide bonds. The minimum Gasteiger partial charge on any atom is -0.508 e. The van der Waals surface area contributed by atoms with E-state index in [1.165, 1.54) is 12.3 Å². The highest BCUT2D eigenvalue weighted by Crippen LogP contribution is 2.28. The van der Waals surface area contributed by atoms with Gasteiger partial charge in [-0.05, 0) is 36.3 Å². The molecule has 0 saturated heterocycles. The summed E-state index contributed by atoms with van der Waals surface area (Å²) in [6.07, 6.45) is 3.26. The van der Waals surface area contributed by atoms with Crippen molar-refractivity contribution >= 4 is 29.4 Å². The molecule has 9 nitrogen and oxygen atoms in total. The van der Waals surface area contributed by atoms with E-state index in [9.17, 15) is 25.3 Å². The maximum atomic E-state index is 11.0. The molecular formula is C16H14N4O5. The van der Waals surface area contributed by atoms with Gasteiger partial charge in [-0.1, -0.05) is 18.2 Å². The standard InChI is InChI=1S/C16H14N4O5/c1-11(8-12-2-5-14(21)6-3-12)10-17-18-15-7-4-13(19(22)23)9-16(15)20(24)25/h2-10,18,21H,1H3/b11-8+,17-10-. The van der Waals surface area contributed by atoms with Gasteiger partial charge in [0.15, 0.2) is 0 Å². The number of nitrogens with zero attached hydrogens (tertiary/aromatic N) is 3. The Labute approximate surface area is 142 Å². The smallest absolute Gasteiger partial charge is 0.301 e. The van der Waals surface area contributed by atoms with E-state index in [1.54, 1.807) is 37.3 Å². The van der Waals surface area contributed by atoms with Gasteiger partial charge in [-0.3, -0.25) is 25.7 Å². The number of rotatable bonds is 6. The summed E-state index contributed by atoms with van der Waals surface area (Å²) in [6, 6.07) is 9.81. The first kappa shape index (κ1) is 17.6. The molecule has 0 heterocycles. The maximum Gasteiger partial charge on any atom is 0.301 e. The zero-order valence-corrected chi connectivity index (χ0v) is 13.1. The highest BCUT2D eigenvalue weighted by Gasteiger charge is 2.18. The number of allylic oxidation sites excluding steroid dienone is 1. The first-order valence-corrected chi connectivity index (χ1v) is 7.06.